The molecular weight excluding hydrogens is 386 g/mol. The van der Waals surface area contributed by atoms with E-state index in [4.69, 9.17) is 9.47 Å². The van der Waals surface area contributed by atoms with Gasteiger partial charge in [0.1, 0.15) is 6.33 Å². The van der Waals surface area contributed by atoms with E-state index in [1.807, 2.05) is 35.1 Å². The first-order chi connectivity index (χ1) is 13.1. The zero-order valence-corrected chi connectivity index (χ0v) is 16.8. The minimum absolute atomic E-state index is 0.140. The van der Waals surface area contributed by atoms with Gasteiger partial charge in [0, 0.05) is 17.5 Å². The molecule has 0 fully saturated rings. The third kappa shape index (κ3) is 4.58. The van der Waals surface area contributed by atoms with Crippen LogP contribution in [-0.2, 0) is 11.3 Å². The first-order valence-electron chi connectivity index (χ1n) is 8.13. The number of hydrogen-bond acceptors (Lipinski definition) is 8. The molecule has 0 spiro atoms. The summed E-state index contributed by atoms with van der Waals surface area (Å²) in [4.78, 5) is 16.7. The van der Waals surface area contributed by atoms with E-state index in [2.05, 4.69) is 20.5 Å². The van der Waals surface area contributed by atoms with Crippen molar-refractivity contribution in [3.8, 4) is 22.8 Å². The Labute approximate surface area is 164 Å². The summed E-state index contributed by atoms with van der Waals surface area (Å²) >= 11 is 2.71. The van der Waals surface area contributed by atoms with Crippen LogP contribution in [0.15, 0.2) is 35.1 Å². The molecule has 0 bridgehead atoms. The normalized spacial score (nSPS) is 10.6. The van der Waals surface area contributed by atoms with Crippen LogP contribution in [-0.4, -0.2) is 45.6 Å². The maximum atomic E-state index is 12.2. The Morgan fingerprint density at radius 2 is 2.11 bits per heavy atom. The number of aryl methyl sites for hydroxylation is 1. The quantitative estimate of drug-likeness (QED) is 0.576. The predicted octanol–water partition coefficient (Wildman–Crippen LogP) is 3.17. The van der Waals surface area contributed by atoms with Gasteiger partial charge in [0.2, 0.25) is 5.91 Å². The molecule has 142 valence electrons. The largest absolute Gasteiger partial charge is 0.493 e. The number of anilines is 1. The molecule has 1 N–H and O–H groups in total. The molecule has 2 aromatic heterocycles. The fourth-order valence-corrected chi connectivity index (χ4v) is 3.83. The van der Waals surface area contributed by atoms with Crippen LogP contribution in [0.5, 0.6) is 11.5 Å². The Hall–Kier alpha value is -2.59. The zero-order chi connectivity index (χ0) is 19.2. The van der Waals surface area contributed by atoms with Gasteiger partial charge in [-0.2, -0.15) is 0 Å². The van der Waals surface area contributed by atoms with Crippen molar-refractivity contribution >= 4 is 34.1 Å². The molecule has 0 radical (unpaired) electrons. The SMILES string of the molecule is CCn1cnnc1SCC(=O)Nc1nc(-c2ccc(OC)c(OC)c2)cs1. The van der Waals surface area contributed by atoms with E-state index in [0.29, 0.717) is 16.6 Å². The standard InChI is InChI=1S/C17H19N5O3S2/c1-4-22-10-18-21-17(22)27-9-15(23)20-16-19-12(8-26-16)11-5-6-13(24-2)14(7-11)25-3/h5-8,10H,4,9H2,1-3H3,(H,19,20,23). The van der Waals surface area contributed by atoms with Crippen molar-refractivity contribution in [3.63, 3.8) is 0 Å². The lowest BCUT2D eigenvalue weighted by Crippen LogP contribution is -2.14. The van der Waals surface area contributed by atoms with Crippen LogP contribution in [0.25, 0.3) is 11.3 Å². The fourth-order valence-electron chi connectivity index (χ4n) is 2.32. The van der Waals surface area contributed by atoms with Crippen molar-refractivity contribution in [2.75, 3.05) is 25.3 Å². The van der Waals surface area contributed by atoms with E-state index in [1.54, 1.807) is 20.5 Å². The maximum absolute atomic E-state index is 12.2. The van der Waals surface area contributed by atoms with Gasteiger partial charge in [0.25, 0.3) is 0 Å². The fraction of sp³-hybridized carbons (Fsp3) is 0.294. The lowest BCUT2D eigenvalue weighted by molar-refractivity contribution is -0.113. The van der Waals surface area contributed by atoms with E-state index in [9.17, 15) is 4.79 Å². The number of aromatic nitrogens is 4. The number of ether oxygens (including phenoxy) is 2. The molecule has 10 heteroatoms. The van der Waals surface area contributed by atoms with E-state index in [-0.39, 0.29) is 11.7 Å². The molecule has 0 aliphatic rings. The van der Waals surface area contributed by atoms with E-state index >= 15 is 0 Å². The van der Waals surface area contributed by atoms with Crippen LogP contribution < -0.4 is 14.8 Å². The summed E-state index contributed by atoms with van der Waals surface area (Å²) in [6, 6.07) is 5.58. The number of hydrogen-bond donors (Lipinski definition) is 1. The number of rotatable bonds is 8. The monoisotopic (exact) mass is 405 g/mol. The molecule has 0 unspecified atom stereocenters. The smallest absolute Gasteiger partial charge is 0.236 e. The maximum Gasteiger partial charge on any atom is 0.236 e. The minimum atomic E-state index is -0.140. The van der Waals surface area contributed by atoms with Gasteiger partial charge in [-0.3, -0.25) is 4.79 Å². The Morgan fingerprint density at radius 1 is 1.30 bits per heavy atom. The van der Waals surface area contributed by atoms with Crippen LogP contribution in [0.3, 0.4) is 0 Å². The summed E-state index contributed by atoms with van der Waals surface area (Å²) in [5.41, 5.74) is 1.64. The third-order valence-corrected chi connectivity index (χ3v) is 5.42. The van der Waals surface area contributed by atoms with Crippen molar-refractivity contribution in [2.24, 2.45) is 0 Å². The van der Waals surface area contributed by atoms with Crippen LogP contribution in [0.2, 0.25) is 0 Å². The summed E-state index contributed by atoms with van der Waals surface area (Å²) in [7, 11) is 3.18. The highest BCUT2D eigenvalue weighted by Crippen LogP contribution is 2.33. The lowest BCUT2D eigenvalue weighted by Gasteiger charge is -2.08. The second-order valence-corrected chi connectivity index (χ2v) is 7.14. The molecule has 0 atom stereocenters. The van der Waals surface area contributed by atoms with Crippen molar-refractivity contribution in [3.05, 3.63) is 29.9 Å². The third-order valence-electron chi connectivity index (χ3n) is 3.68. The number of benzene rings is 1. The number of thioether (sulfide) groups is 1. The van der Waals surface area contributed by atoms with E-state index in [1.165, 1.54) is 23.1 Å². The molecule has 0 saturated heterocycles. The van der Waals surface area contributed by atoms with Gasteiger partial charge in [-0.1, -0.05) is 11.8 Å². The lowest BCUT2D eigenvalue weighted by atomic mass is 10.1. The van der Waals surface area contributed by atoms with Gasteiger partial charge in [-0.25, -0.2) is 4.98 Å². The number of carbonyl (C=O) groups is 1. The Morgan fingerprint density at radius 3 is 2.85 bits per heavy atom. The van der Waals surface area contributed by atoms with Gasteiger partial charge >= 0.3 is 0 Å². The topological polar surface area (TPSA) is 91.2 Å². The van der Waals surface area contributed by atoms with Crippen molar-refractivity contribution < 1.29 is 14.3 Å². The molecule has 0 aliphatic carbocycles. The van der Waals surface area contributed by atoms with Gasteiger partial charge in [-0.15, -0.1) is 21.5 Å². The molecule has 1 amide bonds. The van der Waals surface area contributed by atoms with Crippen LogP contribution in [0.1, 0.15) is 6.92 Å². The molecule has 3 rings (SSSR count). The minimum Gasteiger partial charge on any atom is -0.493 e. The first-order valence-corrected chi connectivity index (χ1v) is 9.99. The van der Waals surface area contributed by atoms with Crippen LogP contribution in [0.4, 0.5) is 5.13 Å². The van der Waals surface area contributed by atoms with E-state index < -0.39 is 0 Å². The molecule has 3 aromatic rings. The first kappa shape index (κ1) is 19.2. The molecule has 0 aliphatic heterocycles. The molecule has 8 nitrogen and oxygen atoms in total. The highest BCUT2D eigenvalue weighted by Gasteiger charge is 2.12. The van der Waals surface area contributed by atoms with Crippen molar-refractivity contribution in [1.29, 1.82) is 0 Å². The highest BCUT2D eigenvalue weighted by molar-refractivity contribution is 7.99. The number of thiazole rings is 1. The summed E-state index contributed by atoms with van der Waals surface area (Å²) in [6.45, 7) is 2.76. The van der Waals surface area contributed by atoms with E-state index in [0.717, 1.165) is 23.0 Å². The Bertz CT molecular complexity index is 925. The Balaban J connectivity index is 1.63. The molecule has 27 heavy (non-hydrogen) atoms. The molecule has 0 saturated carbocycles. The van der Waals surface area contributed by atoms with Crippen LogP contribution in [0, 0.1) is 0 Å². The van der Waals surface area contributed by atoms with Gasteiger partial charge in [-0.05, 0) is 25.1 Å². The average molecular weight is 406 g/mol. The molecule has 1 aromatic carbocycles. The van der Waals surface area contributed by atoms with Crippen molar-refractivity contribution in [1.82, 2.24) is 19.7 Å². The number of amides is 1. The summed E-state index contributed by atoms with van der Waals surface area (Å²) in [6.07, 6.45) is 1.65. The second-order valence-electron chi connectivity index (χ2n) is 5.34. The van der Waals surface area contributed by atoms with Crippen molar-refractivity contribution in [2.45, 2.75) is 18.6 Å². The van der Waals surface area contributed by atoms with Crippen LogP contribution >= 0.6 is 23.1 Å². The summed E-state index contributed by atoms with van der Waals surface area (Å²) in [5, 5.41) is 13.8. The molecule has 2 heterocycles. The highest BCUT2D eigenvalue weighted by atomic mass is 32.2. The van der Waals surface area contributed by atoms with Gasteiger partial charge < -0.3 is 19.4 Å². The molecular formula is C17H19N5O3S2. The average Bonchev–Trinajstić information content (AvgIpc) is 3.34. The number of nitrogens with zero attached hydrogens (tertiary/aromatic N) is 4. The summed E-state index contributed by atoms with van der Waals surface area (Å²) in [5.74, 6) is 1.38. The number of nitrogens with one attached hydrogen (secondary N) is 1. The Kier molecular flexibility index (Phi) is 6.30. The number of methoxy groups -OCH3 is 2. The van der Waals surface area contributed by atoms with Gasteiger partial charge in [0.05, 0.1) is 25.7 Å². The zero-order valence-electron chi connectivity index (χ0n) is 15.1. The second kappa shape index (κ2) is 8.87. The summed E-state index contributed by atoms with van der Waals surface area (Å²) < 4.78 is 12.5. The predicted molar refractivity (Wildman–Crippen MR) is 106 cm³/mol. The van der Waals surface area contributed by atoms with Gasteiger partial charge in [0.15, 0.2) is 21.8 Å². The number of carbonyl (C=O) groups excluding carboxylic acids is 1.